The smallest absolute Gasteiger partial charge is 0.207 e. The summed E-state index contributed by atoms with van der Waals surface area (Å²) in [7, 11) is 0. The highest BCUT2D eigenvalue weighted by Gasteiger charge is 2.35. The SMILES string of the molecule is O=CNC1CCCC2CNCC21. The third-order valence-corrected chi connectivity index (χ3v) is 3.28. The molecule has 1 aliphatic heterocycles. The molecule has 1 amide bonds. The van der Waals surface area contributed by atoms with Gasteiger partial charge < -0.3 is 10.6 Å². The molecule has 1 heterocycles. The minimum Gasteiger partial charge on any atom is -0.356 e. The summed E-state index contributed by atoms with van der Waals surface area (Å²) in [4.78, 5) is 10.3. The summed E-state index contributed by atoms with van der Waals surface area (Å²) in [6.07, 6.45) is 4.63. The number of amides is 1. The Bertz CT molecular complexity index is 172. The molecule has 2 aliphatic rings. The van der Waals surface area contributed by atoms with Crippen molar-refractivity contribution in [2.45, 2.75) is 25.3 Å². The molecule has 3 unspecified atom stereocenters. The van der Waals surface area contributed by atoms with Crippen molar-refractivity contribution < 1.29 is 4.79 Å². The lowest BCUT2D eigenvalue weighted by Gasteiger charge is -2.32. The number of carbonyl (C=O) groups is 1. The molecule has 12 heavy (non-hydrogen) atoms. The lowest BCUT2D eigenvalue weighted by molar-refractivity contribution is -0.110. The zero-order valence-corrected chi connectivity index (χ0v) is 7.25. The summed E-state index contributed by atoms with van der Waals surface area (Å²) in [6, 6.07) is 0.441. The largest absolute Gasteiger partial charge is 0.356 e. The summed E-state index contributed by atoms with van der Waals surface area (Å²) >= 11 is 0. The lowest BCUT2D eigenvalue weighted by atomic mass is 9.78. The molecule has 2 fully saturated rings. The fourth-order valence-electron chi connectivity index (χ4n) is 2.65. The van der Waals surface area contributed by atoms with Gasteiger partial charge in [0.15, 0.2) is 0 Å². The molecule has 0 aromatic heterocycles. The number of rotatable bonds is 2. The second-order valence-electron chi connectivity index (χ2n) is 3.90. The topological polar surface area (TPSA) is 41.1 Å². The first-order valence-corrected chi connectivity index (χ1v) is 4.82. The van der Waals surface area contributed by atoms with Gasteiger partial charge in [0.2, 0.25) is 6.41 Å². The van der Waals surface area contributed by atoms with E-state index in [1.54, 1.807) is 0 Å². The average Bonchev–Trinajstić information content (AvgIpc) is 2.53. The highest BCUT2D eigenvalue weighted by atomic mass is 16.1. The molecule has 0 spiro atoms. The first kappa shape index (κ1) is 8.05. The number of hydrogen-bond acceptors (Lipinski definition) is 2. The molecule has 1 saturated heterocycles. The van der Waals surface area contributed by atoms with Gasteiger partial charge in [0.25, 0.3) is 0 Å². The van der Waals surface area contributed by atoms with Crippen LogP contribution in [0.15, 0.2) is 0 Å². The van der Waals surface area contributed by atoms with Crippen molar-refractivity contribution in [3.63, 3.8) is 0 Å². The van der Waals surface area contributed by atoms with Crippen LogP contribution in [0.1, 0.15) is 19.3 Å². The number of carbonyl (C=O) groups excluding carboxylic acids is 1. The molecule has 1 saturated carbocycles. The molecule has 1 aliphatic carbocycles. The number of fused-ring (bicyclic) bond motifs is 1. The van der Waals surface area contributed by atoms with Crippen molar-refractivity contribution in [2.24, 2.45) is 11.8 Å². The van der Waals surface area contributed by atoms with Crippen LogP contribution in [0.3, 0.4) is 0 Å². The Hall–Kier alpha value is -0.570. The maximum absolute atomic E-state index is 10.3. The highest BCUT2D eigenvalue weighted by Crippen LogP contribution is 2.32. The molecular formula is C9H16N2O. The van der Waals surface area contributed by atoms with E-state index < -0.39 is 0 Å². The zero-order valence-electron chi connectivity index (χ0n) is 7.25. The van der Waals surface area contributed by atoms with Gasteiger partial charge in [0.05, 0.1) is 0 Å². The van der Waals surface area contributed by atoms with Gasteiger partial charge in [-0.05, 0) is 31.2 Å². The van der Waals surface area contributed by atoms with E-state index >= 15 is 0 Å². The Labute approximate surface area is 72.9 Å². The van der Waals surface area contributed by atoms with Crippen molar-refractivity contribution in [3.05, 3.63) is 0 Å². The van der Waals surface area contributed by atoms with Gasteiger partial charge in [0, 0.05) is 12.6 Å². The normalized spacial score (nSPS) is 40.5. The maximum Gasteiger partial charge on any atom is 0.207 e. The van der Waals surface area contributed by atoms with E-state index in [0.717, 1.165) is 25.4 Å². The van der Waals surface area contributed by atoms with E-state index in [4.69, 9.17) is 0 Å². The van der Waals surface area contributed by atoms with Gasteiger partial charge in [-0.1, -0.05) is 6.42 Å². The zero-order chi connectivity index (χ0) is 8.39. The Morgan fingerprint density at radius 1 is 1.33 bits per heavy atom. The second-order valence-corrected chi connectivity index (χ2v) is 3.90. The van der Waals surface area contributed by atoms with Crippen LogP contribution in [0.2, 0.25) is 0 Å². The highest BCUT2D eigenvalue weighted by molar-refractivity contribution is 5.46. The maximum atomic E-state index is 10.3. The third-order valence-electron chi connectivity index (χ3n) is 3.28. The molecule has 0 radical (unpaired) electrons. The first-order valence-electron chi connectivity index (χ1n) is 4.82. The molecule has 2 rings (SSSR count). The van der Waals surface area contributed by atoms with Crippen molar-refractivity contribution in [3.8, 4) is 0 Å². The second kappa shape index (κ2) is 3.44. The lowest BCUT2D eigenvalue weighted by Crippen LogP contribution is -2.41. The number of hydrogen-bond donors (Lipinski definition) is 2. The molecule has 3 atom stereocenters. The van der Waals surface area contributed by atoms with E-state index in [1.807, 2.05) is 0 Å². The monoisotopic (exact) mass is 168 g/mol. The fraction of sp³-hybridized carbons (Fsp3) is 0.889. The van der Waals surface area contributed by atoms with Gasteiger partial charge >= 0.3 is 0 Å². The third kappa shape index (κ3) is 1.33. The van der Waals surface area contributed by atoms with Crippen molar-refractivity contribution >= 4 is 6.41 Å². The van der Waals surface area contributed by atoms with Crippen molar-refractivity contribution in [2.75, 3.05) is 13.1 Å². The van der Waals surface area contributed by atoms with Crippen LogP contribution in [0.5, 0.6) is 0 Å². The van der Waals surface area contributed by atoms with Gasteiger partial charge in [-0.2, -0.15) is 0 Å². The summed E-state index contributed by atoms with van der Waals surface area (Å²) in [5.74, 6) is 1.51. The van der Waals surface area contributed by atoms with Gasteiger partial charge in [-0.25, -0.2) is 0 Å². The summed E-state index contributed by atoms with van der Waals surface area (Å²) in [5, 5.41) is 6.33. The summed E-state index contributed by atoms with van der Waals surface area (Å²) < 4.78 is 0. The van der Waals surface area contributed by atoms with Crippen LogP contribution in [0, 0.1) is 11.8 Å². The Morgan fingerprint density at radius 2 is 2.25 bits per heavy atom. The van der Waals surface area contributed by atoms with Gasteiger partial charge in [-0.3, -0.25) is 4.79 Å². The Kier molecular flexibility index (Phi) is 2.30. The van der Waals surface area contributed by atoms with E-state index in [0.29, 0.717) is 12.0 Å². The first-order chi connectivity index (χ1) is 5.92. The molecule has 68 valence electrons. The molecular weight excluding hydrogens is 152 g/mol. The number of nitrogens with one attached hydrogen (secondary N) is 2. The molecule has 0 bridgehead atoms. The van der Waals surface area contributed by atoms with E-state index in [9.17, 15) is 4.79 Å². The van der Waals surface area contributed by atoms with Gasteiger partial charge in [0.1, 0.15) is 0 Å². The predicted molar refractivity (Wildman–Crippen MR) is 46.7 cm³/mol. The summed E-state index contributed by atoms with van der Waals surface area (Å²) in [5.41, 5.74) is 0. The van der Waals surface area contributed by atoms with Crippen LogP contribution >= 0.6 is 0 Å². The van der Waals surface area contributed by atoms with E-state index in [-0.39, 0.29) is 0 Å². The van der Waals surface area contributed by atoms with Crippen LogP contribution < -0.4 is 10.6 Å². The van der Waals surface area contributed by atoms with Crippen LogP contribution in [-0.4, -0.2) is 25.5 Å². The van der Waals surface area contributed by atoms with Crippen molar-refractivity contribution in [1.29, 1.82) is 0 Å². The summed E-state index contributed by atoms with van der Waals surface area (Å²) in [6.45, 7) is 2.25. The Morgan fingerprint density at radius 3 is 3.08 bits per heavy atom. The average molecular weight is 168 g/mol. The van der Waals surface area contributed by atoms with Crippen molar-refractivity contribution in [1.82, 2.24) is 10.6 Å². The Balaban J connectivity index is 1.98. The predicted octanol–water partition coefficient (Wildman–Crippen LogP) is 0.120. The van der Waals surface area contributed by atoms with E-state index in [1.165, 1.54) is 19.3 Å². The fourth-order valence-corrected chi connectivity index (χ4v) is 2.65. The van der Waals surface area contributed by atoms with Crippen LogP contribution in [-0.2, 0) is 4.79 Å². The standard InChI is InChI=1S/C9H16N2O/c12-6-11-9-3-1-2-7-4-10-5-8(7)9/h6-10H,1-5H2,(H,11,12). The van der Waals surface area contributed by atoms with Gasteiger partial charge in [-0.15, -0.1) is 0 Å². The quantitative estimate of drug-likeness (QED) is 0.575. The van der Waals surface area contributed by atoms with E-state index in [2.05, 4.69) is 10.6 Å². The minimum absolute atomic E-state index is 0.441. The van der Waals surface area contributed by atoms with Crippen LogP contribution in [0.4, 0.5) is 0 Å². The minimum atomic E-state index is 0.441. The van der Waals surface area contributed by atoms with Crippen LogP contribution in [0.25, 0.3) is 0 Å². The molecule has 0 aromatic rings. The molecule has 3 nitrogen and oxygen atoms in total. The molecule has 3 heteroatoms. The molecule has 2 N–H and O–H groups in total. The molecule has 0 aromatic carbocycles.